The third-order valence-corrected chi connectivity index (χ3v) is 4.74. The van der Waals surface area contributed by atoms with Gasteiger partial charge in [-0.3, -0.25) is 4.79 Å². The molecule has 138 valence electrons. The summed E-state index contributed by atoms with van der Waals surface area (Å²) in [5.74, 6) is 2.61. The number of methoxy groups -OCH3 is 1. The van der Waals surface area contributed by atoms with E-state index in [1.807, 2.05) is 43.3 Å². The molecule has 0 amide bonds. The molecule has 1 aliphatic heterocycles. The Morgan fingerprint density at radius 2 is 2.15 bits per heavy atom. The van der Waals surface area contributed by atoms with Gasteiger partial charge in [0.25, 0.3) is 5.56 Å². The largest absolute Gasteiger partial charge is 0.494 e. The number of nitrogens with one attached hydrogen (secondary N) is 1. The summed E-state index contributed by atoms with van der Waals surface area (Å²) in [5.41, 5.74) is 1.89. The van der Waals surface area contributed by atoms with E-state index in [-0.39, 0.29) is 5.56 Å². The summed E-state index contributed by atoms with van der Waals surface area (Å²) in [4.78, 5) is 20.1. The molecule has 4 rings (SSSR count). The van der Waals surface area contributed by atoms with E-state index < -0.39 is 0 Å². The van der Waals surface area contributed by atoms with Gasteiger partial charge in [-0.05, 0) is 31.2 Å². The molecule has 1 aliphatic rings. The molecule has 0 spiro atoms. The molecule has 6 nitrogen and oxygen atoms in total. The van der Waals surface area contributed by atoms with E-state index in [0.717, 1.165) is 15.6 Å². The van der Waals surface area contributed by atoms with Crippen LogP contribution >= 0.6 is 15.9 Å². The van der Waals surface area contributed by atoms with Crippen molar-refractivity contribution in [2.24, 2.45) is 0 Å². The molecule has 0 saturated heterocycles. The molecule has 1 aromatic heterocycles. The SMILES string of the molecule is CCOc1cccc(-c2nc3c(c(=O)[nH]2)Cc2cc(Br)cc(OC)c2O3)c1. The fourth-order valence-corrected chi connectivity index (χ4v) is 3.55. The molecular formula is C20H17BrN2O4. The lowest BCUT2D eigenvalue weighted by Gasteiger charge is -2.21. The number of halogens is 1. The Hall–Kier alpha value is -2.80. The average molecular weight is 429 g/mol. The van der Waals surface area contributed by atoms with E-state index in [2.05, 4.69) is 25.9 Å². The van der Waals surface area contributed by atoms with Crippen molar-refractivity contribution in [3.8, 4) is 34.5 Å². The first-order chi connectivity index (χ1) is 13.1. The van der Waals surface area contributed by atoms with Crippen LogP contribution < -0.4 is 19.8 Å². The van der Waals surface area contributed by atoms with E-state index >= 15 is 0 Å². The van der Waals surface area contributed by atoms with Crippen LogP contribution in [-0.2, 0) is 6.42 Å². The van der Waals surface area contributed by atoms with Crippen molar-refractivity contribution >= 4 is 15.9 Å². The number of H-pyrrole nitrogens is 1. The van der Waals surface area contributed by atoms with E-state index in [4.69, 9.17) is 14.2 Å². The van der Waals surface area contributed by atoms with Crippen LogP contribution in [0.3, 0.4) is 0 Å². The van der Waals surface area contributed by atoms with Gasteiger partial charge in [0.2, 0.25) is 5.88 Å². The highest BCUT2D eigenvalue weighted by molar-refractivity contribution is 9.10. The maximum atomic E-state index is 12.7. The van der Waals surface area contributed by atoms with Crippen molar-refractivity contribution in [1.29, 1.82) is 0 Å². The topological polar surface area (TPSA) is 73.4 Å². The fourth-order valence-electron chi connectivity index (χ4n) is 3.06. The Bertz CT molecular complexity index is 1080. The molecule has 2 heterocycles. The number of hydrogen-bond donors (Lipinski definition) is 1. The summed E-state index contributed by atoms with van der Waals surface area (Å²) >= 11 is 3.45. The van der Waals surface area contributed by atoms with Crippen LogP contribution in [0.25, 0.3) is 11.4 Å². The van der Waals surface area contributed by atoms with Crippen molar-refractivity contribution in [3.05, 3.63) is 62.4 Å². The van der Waals surface area contributed by atoms with Crippen molar-refractivity contribution in [2.45, 2.75) is 13.3 Å². The summed E-state index contributed by atoms with van der Waals surface area (Å²) in [6.45, 7) is 2.48. The van der Waals surface area contributed by atoms with Gasteiger partial charge in [0.15, 0.2) is 11.5 Å². The number of benzene rings is 2. The molecular weight excluding hydrogens is 412 g/mol. The molecule has 0 saturated carbocycles. The minimum atomic E-state index is -0.221. The van der Waals surface area contributed by atoms with Gasteiger partial charge in [0.05, 0.1) is 19.3 Å². The highest BCUT2D eigenvalue weighted by Gasteiger charge is 2.25. The first-order valence-electron chi connectivity index (χ1n) is 8.49. The third-order valence-electron chi connectivity index (χ3n) is 4.28. The molecule has 0 unspecified atom stereocenters. The Morgan fingerprint density at radius 3 is 2.93 bits per heavy atom. The van der Waals surface area contributed by atoms with E-state index in [0.29, 0.717) is 47.5 Å². The van der Waals surface area contributed by atoms with Crippen LogP contribution in [0.1, 0.15) is 18.1 Å². The number of rotatable bonds is 4. The van der Waals surface area contributed by atoms with Gasteiger partial charge in [0, 0.05) is 22.0 Å². The maximum Gasteiger partial charge on any atom is 0.258 e. The predicted octanol–water partition coefficient (Wildman–Crippen LogP) is 4.30. The van der Waals surface area contributed by atoms with Crippen LogP contribution in [0.4, 0.5) is 0 Å². The number of hydrogen-bond acceptors (Lipinski definition) is 5. The second kappa shape index (κ2) is 7.08. The fraction of sp³-hybridized carbons (Fsp3) is 0.200. The van der Waals surface area contributed by atoms with Crippen LogP contribution in [0.5, 0.6) is 23.1 Å². The van der Waals surface area contributed by atoms with Gasteiger partial charge in [-0.15, -0.1) is 0 Å². The van der Waals surface area contributed by atoms with Gasteiger partial charge >= 0.3 is 0 Å². The Labute approximate surface area is 164 Å². The molecule has 2 aromatic carbocycles. The third kappa shape index (κ3) is 3.30. The molecule has 0 atom stereocenters. The highest BCUT2D eigenvalue weighted by Crippen LogP contribution is 2.42. The summed E-state index contributed by atoms with van der Waals surface area (Å²) in [5, 5.41) is 0. The first-order valence-corrected chi connectivity index (χ1v) is 9.29. The molecule has 0 bridgehead atoms. The van der Waals surface area contributed by atoms with Crippen LogP contribution in [0.15, 0.2) is 45.7 Å². The minimum Gasteiger partial charge on any atom is -0.494 e. The van der Waals surface area contributed by atoms with Gasteiger partial charge in [-0.2, -0.15) is 4.98 Å². The lowest BCUT2D eigenvalue weighted by Crippen LogP contribution is -2.20. The Morgan fingerprint density at radius 1 is 1.30 bits per heavy atom. The van der Waals surface area contributed by atoms with Gasteiger partial charge in [-0.1, -0.05) is 28.1 Å². The number of aromatic amines is 1. The van der Waals surface area contributed by atoms with Gasteiger partial charge in [0.1, 0.15) is 11.6 Å². The number of fused-ring (bicyclic) bond motifs is 2. The van der Waals surface area contributed by atoms with Crippen LogP contribution in [0, 0.1) is 0 Å². The predicted molar refractivity (Wildman–Crippen MR) is 105 cm³/mol. The Kier molecular flexibility index (Phi) is 4.61. The second-order valence-electron chi connectivity index (χ2n) is 6.03. The summed E-state index contributed by atoms with van der Waals surface area (Å²) in [6.07, 6.45) is 0.419. The molecule has 27 heavy (non-hydrogen) atoms. The van der Waals surface area contributed by atoms with Crippen LogP contribution in [-0.4, -0.2) is 23.7 Å². The van der Waals surface area contributed by atoms with E-state index in [9.17, 15) is 4.79 Å². The molecule has 0 fully saturated rings. The monoisotopic (exact) mass is 428 g/mol. The maximum absolute atomic E-state index is 12.7. The molecule has 0 aliphatic carbocycles. The number of nitrogens with zero attached hydrogens (tertiary/aromatic N) is 1. The normalized spacial score (nSPS) is 12.0. The quantitative estimate of drug-likeness (QED) is 0.524. The zero-order valence-corrected chi connectivity index (χ0v) is 16.4. The van der Waals surface area contributed by atoms with Crippen molar-refractivity contribution in [3.63, 3.8) is 0 Å². The van der Waals surface area contributed by atoms with Crippen molar-refractivity contribution in [2.75, 3.05) is 13.7 Å². The number of aromatic nitrogens is 2. The summed E-state index contributed by atoms with van der Waals surface area (Å²) < 4.78 is 17.8. The molecule has 3 aromatic rings. The summed E-state index contributed by atoms with van der Waals surface area (Å²) in [7, 11) is 1.58. The summed E-state index contributed by atoms with van der Waals surface area (Å²) in [6, 6.07) is 11.2. The lowest BCUT2D eigenvalue weighted by molar-refractivity contribution is 0.340. The van der Waals surface area contributed by atoms with Crippen molar-refractivity contribution < 1.29 is 14.2 Å². The lowest BCUT2D eigenvalue weighted by atomic mass is 10.0. The zero-order valence-electron chi connectivity index (χ0n) is 14.8. The molecule has 7 heteroatoms. The van der Waals surface area contributed by atoms with Gasteiger partial charge < -0.3 is 19.2 Å². The number of ether oxygens (including phenoxy) is 3. The van der Waals surface area contributed by atoms with E-state index in [1.165, 1.54) is 0 Å². The smallest absolute Gasteiger partial charge is 0.258 e. The Balaban J connectivity index is 1.79. The first kappa shape index (κ1) is 17.6. The second-order valence-corrected chi connectivity index (χ2v) is 6.95. The molecule has 0 radical (unpaired) electrons. The highest BCUT2D eigenvalue weighted by atomic mass is 79.9. The van der Waals surface area contributed by atoms with Crippen molar-refractivity contribution in [1.82, 2.24) is 9.97 Å². The van der Waals surface area contributed by atoms with Crippen LogP contribution in [0.2, 0.25) is 0 Å². The van der Waals surface area contributed by atoms with Gasteiger partial charge in [-0.25, -0.2) is 0 Å². The molecule has 1 N–H and O–H groups in total. The minimum absolute atomic E-state index is 0.221. The van der Waals surface area contributed by atoms with E-state index in [1.54, 1.807) is 7.11 Å². The average Bonchev–Trinajstić information content (AvgIpc) is 2.66. The standard InChI is InChI=1S/C20H17BrN2O4/c1-3-26-14-6-4-5-11(8-14)18-22-19(24)15-9-12-7-13(21)10-16(25-2)17(12)27-20(15)23-18/h4-8,10H,3,9H2,1-2H3,(H,22,23,24). The zero-order chi connectivity index (χ0) is 19.0.